The molecule has 20 heavy (non-hydrogen) atoms. The molecule has 0 aliphatic carbocycles. The number of hydrogen-bond acceptors (Lipinski definition) is 3. The van der Waals surface area contributed by atoms with Gasteiger partial charge in [0.15, 0.2) is 0 Å². The smallest absolute Gasteiger partial charge is 0.0576 e. The Morgan fingerprint density at radius 3 is 2.90 bits per heavy atom. The highest BCUT2D eigenvalue weighted by Gasteiger charge is 2.17. The van der Waals surface area contributed by atoms with Gasteiger partial charge < -0.3 is 10.1 Å². The first-order chi connectivity index (χ1) is 9.88. The highest BCUT2D eigenvalue weighted by atomic mass is 16.5. The van der Waals surface area contributed by atoms with Crippen LogP contribution in [-0.2, 0) is 11.2 Å². The number of rotatable bonds is 9. The Bertz CT molecular complexity index is 349. The largest absolute Gasteiger partial charge is 0.378 e. The predicted molar refractivity (Wildman–Crippen MR) is 82.8 cm³/mol. The third-order valence-corrected chi connectivity index (χ3v) is 4.07. The van der Waals surface area contributed by atoms with Gasteiger partial charge in [0.2, 0.25) is 0 Å². The molecule has 2 unspecified atom stereocenters. The van der Waals surface area contributed by atoms with Crippen molar-refractivity contribution in [1.82, 2.24) is 10.3 Å². The summed E-state index contributed by atoms with van der Waals surface area (Å²) in [5.74, 6) is 0. The molecule has 1 fully saturated rings. The van der Waals surface area contributed by atoms with E-state index in [1.165, 1.54) is 44.1 Å². The minimum atomic E-state index is 0.516. The standard InChI is InChI=1S/C17H28N2O/c1-2-11-19-16(7-8-17-4-3-14-20-17)6-5-15-9-12-18-13-10-15/h9-10,12-13,16-17,19H,2-8,11,14H2,1H3. The van der Waals surface area contributed by atoms with Crippen molar-refractivity contribution in [2.75, 3.05) is 13.2 Å². The first-order valence-electron chi connectivity index (χ1n) is 8.12. The van der Waals surface area contributed by atoms with E-state index in [4.69, 9.17) is 4.74 Å². The molecular weight excluding hydrogens is 248 g/mol. The van der Waals surface area contributed by atoms with Crippen molar-refractivity contribution in [2.45, 2.75) is 64.0 Å². The molecule has 0 radical (unpaired) electrons. The summed E-state index contributed by atoms with van der Waals surface area (Å²) in [4.78, 5) is 4.08. The highest BCUT2D eigenvalue weighted by molar-refractivity contribution is 5.09. The predicted octanol–water partition coefficient (Wildman–Crippen LogP) is 3.34. The molecule has 0 aromatic carbocycles. The molecule has 2 heterocycles. The van der Waals surface area contributed by atoms with Crippen LogP contribution in [0.25, 0.3) is 0 Å². The van der Waals surface area contributed by atoms with Crippen LogP contribution in [0.4, 0.5) is 0 Å². The average molecular weight is 276 g/mol. The number of nitrogens with one attached hydrogen (secondary N) is 1. The number of pyridine rings is 1. The maximum absolute atomic E-state index is 5.73. The van der Waals surface area contributed by atoms with E-state index in [1.54, 1.807) is 0 Å². The lowest BCUT2D eigenvalue weighted by atomic mass is 9.99. The molecule has 1 aromatic rings. The van der Waals surface area contributed by atoms with Crippen LogP contribution in [0.2, 0.25) is 0 Å². The summed E-state index contributed by atoms with van der Waals surface area (Å²) in [7, 11) is 0. The van der Waals surface area contributed by atoms with E-state index < -0.39 is 0 Å². The molecule has 1 aromatic heterocycles. The van der Waals surface area contributed by atoms with Gasteiger partial charge in [0.1, 0.15) is 0 Å². The summed E-state index contributed by atoms with van der Waals surface area (Å²) in [5, 5.41) is 3.69. The maximum Gasteiger partial charge on any atom is 0.0576 e. The summed E-state index contributed by atoms with van der Waals surface area (Å²) in [6.07, 6.45) is 12.8. The van der Waals surface area contributed by atoms with Crippen LogP contribution in [-0.4, -0.2) is 30.3 Å². The lowest BCUT2D eigenvalue weighted by Crippen LogP contribution is -2.31. The number of ether oxygens (including phenoxy) is 1. The normalized spacial score (nSPS) is 20.1. The van der Waals surface area contributed by atoms with Crippen molar-refractivity contribution in [3.05, 3.63) is 30.1 Å². The SMILES string of the molecule is CCCNC(CCc1ccncc1)CCC1CCCO1. The summed E-state index contributed by atoms with van der Waals surface area (Å²) in [6.45, 7) is 4.31. The molecule has 0 spiro atoms. The van der Waals surface area contributed by atoms with Gasteiger partial charge in [0.25, 0.3) is 0 Å². The Morgan fingerprint density at radius 2 is 2.20 bits per heavy atom. The van der Waals surface area contributed by atoms with E-state index >= 15 is 0 Å². The summed E-state index contributed by atoms with van der Waals surface area (Å²) >= 11 is 0. The van der Waals surface area contributed by atoms with E-state index in [2.05, 4.69) is 29.4 Å². The molecule has 1 aliphatic rings. The van der Waals surface area contributed by atoms with Gasteiger partial charge in [-0.2, -0.15) is 0 Å². The van der Waals surface area contributed by atoms with Crippen molar-refractivity contribution in [2.24, 2.45) is 0 Å². The Kier molecular flexibility index (Phi) is 7.02. The lowest BCUT2D eigenvalue weighted by Gasteiger charge is -2.20. The van der Waals surface area contributed by atoms with Crippen molar-refractivity contribution in [1.29, 1.82) is 0 Å². The molecule has 0 amide bonds. The lowest BCUT2D eigenvalue weighted by molar-refractivity contribution is 0.0993. The number of aryl methyl sites for hydroxylation is 1. The second-order valence-electron chi connectivity index (χ2n) is 5.76. The van der Waals surface area contributed by atoms with Gasteiger partial charge in [0, 0.05) is 25.0 Å². The minimum absolute atomic E-state index is 0.516. The van der Waals surface area contributed by atoms with Crippen LogP contribution in [0.5, 0.6) is 0 Å². The number of aromatic nitrogens is 1. The van der Waals surface area contributed by atoms with Gasteiger partial charge in [0.05, 0.1) is 6.10 Å². The molecule has 3 heteroatoms. The Morgan fingerprint density at radius 1 is 1.35 bits per heavy atom. The second-order valence-corrected chi connectivity index (χ2v) is 5.76. The first-order valence-corrected chi connectivity index (χ1v) is 8.12. The average Bonchev–Trinajstić information content (AvgIpc) is 3.01. The zero-order valence-electron chi connectivity index (χ0n) is 12.7. The monoisotopic (exact) mass is 276 g/mol. The third kappa shape index (κ3) is 5.59. The maximum atomic E-state index is 5.73. The molecule has 3 nitrogen and oxygen atoms in total. The van der Waals surface area contributed by atoms with Crippen molar-refractivity contribution in [3.8, 4) is 0 Å². The van der Waals surface area contributed by atoms with Crippen molar-refractivity contribution >= 4 is 0 Å². The Hall–Kier alpha value is -0.930. The van der Waals surface area contributed by atoms with E-state index in [0.29, 0.717) is 12.1 Å². The molecule has 0 saturated carbocycles. The van der Waals surface area contributed by atoms with Gasteiger partial charge in [-0.3, -0.25) is 4.98 Å². The van der Waals surface area contributed by atoms with Crippen LogP contribution in [0.15, 0.2) is 24.5 Å². The van der Waals surface area contributed by atoms with E-state index in [9.17, 15) is 0 Å². The quantitative estimate of drug-likeness (QED) is 0.751. The Balaban J connectivity index is 1.73. The summed E-state index contributed by atoms with van der Waals surface area (Å²) < 4.78 is 5.73. The van der Waals surface area contributed by atoms with Crippen molar-refractivity contribution < 1.29 is 4.74 Å². The van der Waals surface area contributed by atoms with Gasteiger partial charge in [-0.1, -0.05) is 6.92 Å². The highest BCUT2D eigenvalue weighted by Crippen LogP contribution is 2.19. The molecule has 1 N–H and O–H groups in total. The first kappa shape index (κ1) is 15.5. The Labute approximate surface area is 123 Å². The number of hydrogen-bond donors (Lipinski definition) is 1. The van der Waals surface area contributed by atoms with Crippen LogP contribution >= 0.6 is 0 Å². The fourth-order valence-corrected chi connectivity index (χ4v) is 2.85. The second kappa shape index (κ2) is 9.09. The zero-order valence-corrected chi connectivity index (χ0v) is 12.7. The minimum Gasteiger partial charge on any atom is -0.378 e. The third-order valence-electron chi connectivity index (χ3n) is 4.07. The molecule has 1 saturated heterocycles. The molecule has 2 atom stereocenters. The van der Waals surface area contributed by atoms with Gasteiger partial charge in [-0.15, -0.1) is 0 Å². The van der Waals surface area contributed by atoms with Crippen LogP contribution in [0.1, 0.15) is 51.0 Å². The fourth-order valence-electron chi connectivity index (χ4n) is 2.85. The molecule has 2 rings (SSSR count). The zero-order chi connectivity index (χ0) is 14.0. The topological polar surface area (TPSA) is 34.2 Å². The molecule has 1 aliphatic heterocycles. The van der Waals surface area contributed by atoms with Crippen LogP contribution in [0, 0.1) is 0 Å². The molecule has 112 valence electrons. The van der Waals surface area contributed by atoms with Crippen LogP contribution in [0.3, 0.4) is 0 Å². The van der Waals surface area contributed by atoms with Gasteiger partial charge in [-0.25, -0.2) is 0 Å². The summed E-state index contributed by atoms with van der Waals surface area (Å²) in [5.41, 5.74) is 1.39. The van der Waals surface area contributed by atoms with E-state index in [-0.39, 0.29) is 0 Å². The van der Waals surface area contributed by atoms with E-state index in [1.807, 2.05) is 12.4 Å². The van der Waals surface area contributed by atoms with Gasteiger partial charge in [-0.05, 0) is 69.2 Å². The fraction of sp³-hybridized carbons (Fsp3) is 0.706. The van der Waals surface area contributed by atoms with Crippen LogP contribution < -0.4 is 5.32 Å². The summed E-state index contributed by atoms with van der Waals surface area (Å²) in [6, 6.07) is 4.86. The van der Waals surface area contributed by atoms with E-state index in [0.717, 1.165) is 19.6 Å². The van der Waals surface area contributed by atoms with Crippen molar-refractivity contribution in [3.63, 3.8) is 0 Å². The number of nitrogens with zero attached hydrogens (tertiary/aromatic N) is 1. The molecular formula is C17H28N2O. The molecule has 0 bridgehead atoms. The van der Waals surface area contributed by atoms with Gasteiger partial charge >= 0.3 is 0 Å².